The molecule has 0 aromatic rings. The molecule has 0 aromatic carbocycles. The molecule has 0 rings (SSSR count). The Hall–Kier alpha value is -0.790. The molecule has 0 aromatic heterocycles. The van der Waals surface area contributed by atoms with Crippen molar-refractivity contribution in [2.75, 3.05) is 0 Å². The van der Waals surface area contributed by atoms with Gasteiger partial charge in [-0.1, -0.05) is 45.1 Å². The molecular weight excluding hydrogens is 188 g/mol. The van der Waals surface area contributed by atoms with E-state index in [-0.39, 0.29) is 0 Å². The minimum absolute atomic E-state index is 0.795. The summed E-state index contributed by atoms with van der Waals surface area (Å²) in [6, 6.07) is 0. The fourth-order valence-electron chi connectivity index (χ4n) is 1.63. The quantitative estimate of drug-likeness (QED) is 0.460. The third-order valence-electron chi connectivity index (χ3n) is 2.53. The lowest BCUT2D eigenvalue weighted by Gasteiger charge is -2.05. The molecule has 2 nitrogen and oxygen atoms in total. The average Bonchev–Trinajstić information content (AvgIpc) is 2.19. The summed E-state index contributed by atoms with van der Waals surface area (Å²) in [7, 11) is 0. The first-order chi connectivity index (χ1) is 7.20. The summed E-state index contributed by atoms with van der Waals surface area (Å²) in [6.45, 7) is 4.32. The van der Waals surface area contributed by atoms with Gasteiger partial charge in [-0.2, -0.15) is 0 Å². The van der Waals surface area contributed by atoms with Crippen molar-refractivity contribution in [1.82, 2.24) is 0 Å². The van der Waals surface area contributed by atoms with Crippen molar-refractivity contribution in [2.45, 2.75) is 65.2 Å². The Morgan fingerprint density at radius 1 is 1.00 bits per heavy atom. The lowest BCUT2D eigenvalue weighted by molar-refractivity contribution is -0.131. The minimum Gasteiger partial charge on any atom is -0.478 e. The number of carboxylic acid groups (broad SMARTS) is 1. The highest BCUT2D eigenvalue weighted by molar-refractivity contribution is 5.80. The first kappa shape index (κ1) is 14.2. The topological polar surface area (TPSA) is 37.3 Å². The lowest BCUT2D eigenvalue weighted by atomic mass is 10.0. The van der Waals surface area contributed by atoms with Gasteiger partial charge in [-0.25, -0.2) is 4.79 Å². The van der Waals surface area contributed by atoms with Crippen molar-refractivity contribution in [3.8, 4) is 0 Å². The largest absolute Gasteiger partial charge is 0.478 e. The second kappa shape index (κ2) is 9.75. The van der Waals surface area contributed by atoms with E-state index < -0.39 is 5.97 Å². The number of carbonyl (C=O) groups is 1. The molecule has 0 saturated carbocycles. The smallest absolute Gasteiger partial charge is 0.328 e. The molecule has 0 amide bonds. The van der Waals surface area contributed by atoms with Gasteiger partial charge in [0.25, 0.3) is 0 Å². The SMILES string of the molecule is CCCCCC/C(=C/C(=O)O)CCCC. The van der Waals surface area contributed by atoms with Crippen LogP contribution in [-0.4, -0.2) is 11.1 Å². The Kier molecular flexibility index (Phi) is 9.24. The maximum Gasteiger partial charge on any atom is 0.328 e. The van der Waals surface area contributed by atoms with Crippen molar-refractivity contribution < 1.29 is 9.90 Å². The zero-order valence-electron chi connectivity index (χ0n) is 10.1. The molecule has 0 aliphatic carbocycles. The Bertz CT molecular complexity index is 195. The van der Waals surface area contributed by atoms with Crippen LogP contribution in [-0.2, 0) is 4.79 Å². The molecule has 0 atom stereocenters. The van der Waals surface area contributed by atoms with Crippen molar-refractivity contribution in [3.05, 3.63) is 11.6 Å². The third-order valence-corrected chi connectivity index (χ3v) is 2.53. The summed E-state index contributed by atoms with van der Waals surface area (Å²) < 4.78 is 0. The monoisotopic (exact) mass is 212 g/mol. The summed E-state index contributed by atoms with van der Waals surface area (Å²) in [6.07, 6.45) is 10.4. The molecule has 2 heteroatoms. The van der Waals surface area contributed by atoms with Crippen molar-refractivity contribution in [2.24, 2.45) is 0 Å². The fourth-order valence-corrected chi connectivity index (χ4v) is 1.63. The summed E-state index contributed by atoms with van der Waals surface area (Å²) in [5.41, 5.74) is 1.11. The Labute approximate surface area is 93.4 Å². The van der Waals surface area contributed by atoms with Gasteiger partial charge < -0.3 is 5.11 Å². The van der Waals surface area contributed by atoms with Crippen LogP contribution in [0, 0.1) is 0 Å². The van der Waals surface area contributed by atoms with Crippen LogP contribution in [0.2, 0.25) is 0 Å². The van der Waals surface area contributed by atoms with Gasteiger partial charge in [0.2, 0.25) is 0 Å². The maximum absolute atomic E-state index is 10.6. The number of unbranched alkanes of at least 4 members (excludes halogenated alkanes) is 4. The fraction of sp³-hybridized carbons (Fsp3) is 0.769. The predicted molar refractivity (Wildman–Crippen MR) is 64.0 cm³/mol. The van der Waals surface area contributed by atoms with Gasteiger partial charge in [0.05, 0.1) is 0 Å². The number of aliphatic carboxylic acids is 1. The molecule has 0 bridgehead atoms. The van der Waals surface area contributed by atoms with Gasteiger partial charge in [0, 0.05) is 6.08 Å². The van der Waals surface area contributed by atoms with E-state index >= 15 is 0 Å². The van der Waals surface area contributed by atoms with Gasteiger partial charge >= 0.3 is 5.97 Å². The van der Waals surface area contributed by atoms with E-state index in [1.54, 1.807) is 0 Å². The Balaban J connectivity index is 3.85. The Morgan fingerprint density at radius 2 is 1.60 bits per heavy atom. The van der Waals surface area contributed by atoms with Crippen LogP contribution in [0.3, 0.4) is 0 Å². The third kappa shape index (κ3) is 9.51. The van der Waals surface area contributed by atoms with Gasteiger partial charge in [0.15, 0.2) is 0 Å². The summed E-state index contributed by atoms with van der Waals surface area (Å²) in [5.74, 6) is -0.795. The molecule has 15 heavy (non-hydrogen) atoms. The van der Waals surface area contributed by atoms with Gasteiger partial charge in [0.1, 0.15) is 0 Å². The minimum atomic E-state index is -0.795. The van der Waals surface area contributed by atoms with Gasteiger partial charge in [-0.3, -0.25) is 0 Å². The van der Waals surface area contributed by atoms with Crippen molar-refractivity contribution in [1.29, 1.82) is 0 Å². The van der Waals surface area contributed by atoms with E-state index in [2.05, 4.69) is 13.8 Å². The molecule has 0 heterocycles. The van der Waals surface area contributed by atoms with Gasteiger partial charge in [-0.05, 0) is 25.7 Å². The van der Waals surface area contributed by atoms with Crippen LogP contribution >= 0.6 is 0 Å². The molecule has 0 fully saturated rings. The second-order valence-electron chi connectivity index (χ2n) is 4.06. The molecule has 88 valence electrons. The van der Waals surface area contributed by atoms with Crippen molar-refractivity contribution >= 4 is 5.97 Å². The standard InChI is InChI=1S/C13H24O2/c1-3-5-7-8-10-12(9-6-4-2)11-13(14)15/h11H,3-10H2,1-2H3,(H,14,15)/b12-11+. The molecule has 0 aliphatic rings. The van der Waals surface area contributed by atoms with Crippen LogP contribution in [0.25, 0.3) is 0 Å². The first-order valence-corrected chi connectivity index (χ1v) is 6.13. The highest BCUT2D eigenvalue weighted by Gasteiger charge is 2.00. The van der Waals surface area contributed by atoms with Crippen LogP contribution in [0.1, 0.15) is 65.2 Å². The molecule has 0 saturated heterocycles. The maximum atomic E-state index is 10.6. The Morgan fingerprint density at radius 3 is 2.13 bits per heavy atom. The first-order valence-electron chi connectivity index (χ1n) is 6.13. The van der Waals surface area contributed by atoms with Crippen LogP contribution in [0.15, 0.2) is 11.6 Å². The highest BCUT2D eigenvalue weighted by Crippen LogP contribution is 2.16. The van der Waals surface area contributed by atoms with E-state index in [0.29, 0.717) is 0 Å². The second-order valence-corrected chi connectivity index (χ2v) is 4.06. The van der Waals surface area contributed by atoms with Crippen molar-refractivity contribution in [3.63, 3.8) is 0 Å². The van der Waals surface area contributed by atoms with Crippen LogP contribution in [0.5, 0.6) is 0 Å². The zero-order chi connectivity index (χ0) is 11.5. The molecule has 0 spiro atoms. The average molecular weight is 212 g/mol. The molecule has 0 unspecified atom stereocenters. The summed E-state index contributed by atoms with van der Waals surface area (Å²) in [4.78, 5) is 10.6. The number of hydrogen-bond donors (Lipinski definition) is 1. The van der Waals surface area contributed by atoms with Crippen LogP contribution < -0.4 is 0 Å². The van der Waals surface area contributed by atoms with Gasteiger partial charge in [-0.15, -0.1) is 0 Å². The number of hydrogen-bond acceptors (Lipinski definition) is 1. The predicted octanol–water partition coefficient (Wildman–Crippen LogP) is 4.16. The normalized spacial score (nSPS) is 11.7. The molecule has 1 N–H and O–H groups in total. The number of carboxylic acids is 1. The van der Waals surface area contributed by atoms with E-state index in [1.165, 1.54) is 25.3 Å². The number of allylic oxidation sites excluding steroid dienone is 1. The lowest BCUT2D eigenvalue weighted by Crippen LogP contribution is -1.93. The highest BCUT2D eigenvalue weighted by atomic mass is 16.4. The summed E-state index contributed by atoms with van der Waals surface area (Å²) in [5, 5.41) is 8.71. The zero-order valence-corrected chi connectivity index (χ0v) is 10.1. The summed E-state index contributed by atoms with van der Waals surface area (Å²) >= 11 is 0. The molecular formula is C13H24O2. The van der Waals surface area contributed by atoms with E-state index in [4.69, 9.17) is 5.11 Å². The van der Waals surface area contributed by atoms with E-state index in [0.717, 1.165) is 37.7 Å². The molecule has 0 aliphatic heterocycles. The van der Waals surface area contributed by atoms with E-state index in [1.807, 2.05) is 0 Å². The van der Waals surface area contributed by atoms with E-state index in [9.17, 15) is 4.79 Å². The van der Waals surface area contributed by atoms with Crippen LogP contribution in [0.4, 0.5) is 0 Å². The molecule has 0 radical (unpaired) electrons. The number of rotatable bonds is 9.